The number of carbonyl (C=O) groups excluding carboxylic acids is 1. The number of halogens is 3. The fourth-order valence-electron chi connectivity index (χ4n) is 6.97. The van der Waals surface area contributed by atoms with Crippen molar-refractivity contribution in [3.8, 4) is 0 Å². The topological polar surface area (TPSA) is 89.5 Å². The van der Waals surface area contributed by atoms with Crippen LogP contribution in [0.1, 0.15) is 84.9 Å². The number of nitrogens with zero attached hydrogens (tertiary/aromatic N) is 3. The van der Waals surface area contributed by atoms with Crippen molar-refractivity contribution in [1.29, 1.82) is 0 Å². The van der Waals surface area contributed by atoms with Crippen LogP contribution >= 0.6 is 0 Å². The van der Waals surface area contributed by atoms with E-state index in [9.17, 15) is 33.2 Å². The standard InChI is InChI=1S/C37H42F3N3O4/c1-21(2)14-16-41-28-13-12-23(43(46)47)18-27(28)35(5,6)30(41)19-24-33(44)25(34(24)45)20-31-36(7,8)32-26(37(38,39)40)10-9-11-29(32)42(31)17-15-22(3)4/h9-13,18-22H,14-17H2,1-8H3. The molecule has 0 aromatic heterocycles. The predicted molar refractivity (Wildman–Crippen MR) is 175 cm³/mol. The molecule has 250 valence electrons. The molecule has 2 heterocycles. The van der Waals surface area contributed by atoms with E-state index in [0.717, 1.165) is 23.7 Å². The number of allylic oxidation sites excluding steroid dienone is 5. The van der Waals surface area contributed by atoms with E-state index in [1.807, 2.05) is 37.2 Å². The number of benzene rings is 2. The van der Waals surface area contributed by atoms with Crippen LogP contribution in [0.25, 0.3) is 0 Å². The lowest BCUT2D eigenvalue weighted by Crippen LogP contribution is -2.35. The minimum atomic E-state index is -4.57. The molecule has 10 heteroatoms. The van der Waals surface area contributed by atoms with Gasteiger partial charge in [0.15, 0.2) is 11.5 Å². The monoisotopic (exact) mass is 649 g/mol. The smallest absolute Gasteiger partial charge is 0.416 e. The van der Waals surface area contributed by atoms with Gasteiger partial charge in [-0.1, -0.05) is 53.4 Å². The lowest BCUT2D eigenvalue weighted by atomic mass is 9.76. The normalized spacial score (nSPS) is 20.2. The zero-order valence-electron chi connectivity index (χ0n) is 28.2. The Labute approximate surface area is 273 Å². The fourth-order valence-corrected chi connectivity index (χ4v) is 6.97. The minimum Gasteiger partial charge on any atom is -0.871 e. The minimum absolute atomic E-state index is 0.00481. The number of hydrogen-bond donors (Lipinski definition) is 0. The van der Waals surface area contributed by atoms with E-state index in [4.69, 9.17) is 0 Å². The summed E-state index contributed by atoms with van der Waals surface area (Å²) in [4.78, 5) is 26.9. The first-order chi connectivity index (χ1) is 21.8. The van der Waals surface area contributed by atoms with Crippen molar-refractivity contribution >= 4 is 28.6 Å². The molecule has 3 aliphatic rings. The molecule has 2 aromatic carbocycles. The molecule has 2 aliphatic heterocycles. The maximum absolute atomic E-state index is 14.2. The number of anilines is 1. The van der Waals surface area contributed by atoms with Gasteiger partial charge in [-0.15, -0.1) is 0 Å². The van der Waals surface area contributed by atoms with Gasteiger partial charge >= 0.3 is 6.18 Å². The molecule has 0 unspecified atom stereocenters. The van der Waals surface area contributed by atoms with Crippen LogP contribution in [0, 0.1) is 22.0 Å². The Hall–Kier alpha value is -4.21. The molecule has 0 fully saturated rings. The molecule has 0 spiro atoms. The number of fused-ring (bicyclic) bond motifs is 2. The number of carbonyl (C=O) groups is 1. The van der Waals surface area contributed by atoms with Gasteiger partial charge in [0.1, 0.15) is 6.54 Å². The van der Waals surface area contributed by atoms with Gasteiger partial charge in [-0.25, -0.2) is 0 Å². The van der Waals surface area contributed by atoms with Crippen LogP contribution in [0.2, 0.25) is 0 Å². The van der Waals surface area contributed by atoms with Crippen LogP contribution in [0.15, 0.2) is 71.2 Å². The molecule has 5 rings (SSSR count). The molecule has 7 nitrogen and oxygen atoms in total. The molecule has 0 bridgehead atoms. The van der Waals surface area contributed by atoms with Gasteiger partial charge in [0.2, 0.25) is 5.69 Å². The second-order valence-corrected chi connectivity index (χ2v) is 14.6. The highest BCUT2D eigenvalue weighted by Crippen LogP contribution is 2.51. The maximum Gasteiger partial charge on any atom is 0.416 e. The third kappa shape index (κ3) is 5.80. The zero-order chi connectivity index (χ0) is 34.8. The summed E-state index contributed by atoms with van der Waals surface area (Å²) in [7, 11) is 0. The Morgan fingerprint density at radius 1 is 0.979 bits per heavy atom. The number of rotatable bonds is 9. The van der Waals surface area contributed by atoms with Crippen molar-refractivity contribution in [3.05, 3.63) is 98.0 Å². The molecular formula is C37H42F3N3O4. The zero-order valence-corrected chi connectivity index (χ0v) is 28.2. The number of nitro groups is 1. The summed E-state index contributed by atoms with van der Waals surface area (Å²) < 4.78 is 44.5. The molecule has 0 radical (unpaired) electrons. The quantitative estimate of drug-likeness (QED) is 0.119. The Kier molecular flexibility index (Phi) is 8.56. The Morgan fingerprint density at radius 3 is 2.21 bits per heavy atom. The van der Waals surface area contributed by atoms with Crippen LogP contribution in [-0.4, -0.2) is 34.1 Å². The van der Waals surface area contributed by atoms with Crippen molar-refractivity contribution < 1.29 is 32.6 Å². The summed E-state index contributed by atoms with van der Waals surface area (Å²) in [5.74, 6) is -0.297. The van der Waals surface area contributed by atoms with Crippen LogP contribution in [0.3, 0.4) is 0 Å². The van der Waals surface area contributed by atoms with Crippen molar-refractivity contribution in [2.45, 2.75) is 85.2 Å². The first kappa shape index (κ1) is 34.1. The summed E-state index contributed by atoms with van der Waals surface area (Å²) in [6, 6.07) is 8.87. The molecule has 47 heavy (non-hydrogen) atoms. The number of Topliss-reactive ketones (excluding diaryl/α,β-unsaturated/α-hetero) is 1. The first-order valence-electron chi connectivity index (χ1n) is 16.1. The SMILES string of the molecule is CC(C)CCN1/C(=C/C2=C([O-])C(=C\C3=[N+](CCC(C)C)c4cccc(C(F)(F)F)c4C3(C)C)/C2=O)C(C)(C)c2cc([N+](=O)[O-])ccc21. The van der Waals surface area contributed by atoms with Crippen molar-refractivity contribution in [2.24, 2.45) is 11.8 Å². The second-order valence-electron chi connectivity index (χ2n) is 14.6. The van der Waals surface area contributed by atoms with Crippen molar-refractivity contribution in [1.82, 2.24) is 0 Å². The van der Waals surface area contributed by atoms with Crippen LogP contribution < -0.4 is 10.0 Å². The highest BCUT2D eigenvalue weighted by atomic mass is 19.4. The predicted octanol–water partition coefficient (Wildman–Crippen LogP) is 7.89. The summed E-state index contributed by atoms with van der Waals surface area (Å²) in [6.45, 7) is 16.5. The highest BCUT2D eigenvalue weighted by molar-refractivity contribution is 6.24. The number of alkyl halides is 3. The average molecular weight is 650 g/mol. The van der Waals surface area contributed by atoms with E-state index in [-0.39, 0.29) is 28.3 Å². The average Bonchev–Trinajstić information content (AvgIpc) is 3.33. The van der Waals surface area contributed by atoms with Gasteiger partial charge in [-0.2, -0.15) is 17.7 Å². The largest absolute Gasteiger partial charge is 0.871 e. The molecule has 0 atom stereocenters. The third-order valence-corrected chi connectivity index (χ3v) is 9.68. The molecule has 0 N–H and O–H groups in total. The fraction of sp³-hybridized carbons (Fsp3) is 0.459. The van der Waals surface area contributed by atoms with Crippen LogP contribution in [0.4, 0.5) is 30.2 Å². The van der Waals surface area contributed by atoms with Crippen LogP contribution in [-0.2, 0) is 21.8 Å². The van der Waals surface area contributed by atoms with Crippen molar-refractivity contribution in [2.75, 3.05) is 18.0 Å². The summed E-state index contributed by atoms with van der Waals surface area (Å²) >= 11 is 0. The first-order valence-corrected chi connectivity index (χ1v) is 16.1. The highest BCUT2D eigenvalue weighted by Gasteiger charge is 2.51. The Morgan fingerprint density at radius 2 is 1.64 bits per heavy atom. The number of non-ortho nitro benzene ring substituents is 1. The lowest BCUT2D eigenvalue weighted by Gasteiger charge is -2.33. The van der Waals surface area contributed by atoms with Gasteiger partial charge in [0.05, 0.1) is 21.5 Å². The Bertz CT molecular complexity index is 1790. The second kappa shape index (κ2) is 11.8. The molecular weight excluding hydrogens is 607 g/mol. The van der Waals surface area contributed by atoms with Gasteiger partial charge in [-0.05, 0) is 55.9 Å². The van der Waals surface area contributed by atoms with Crippen LogP contribution in [0.5, 0.6) is 0 Å². The van der Waals surface area contributed by atoms with E-state index in [2.05, 4.69) is 13.8 Å². The number of hydrogen-bond acceptors (Lipinski definition) is 5. The molecule has 0 saturated carbocycles. The van der Waals surface area contributed by atoms with Crippen molar-refractivity contribution in [3.63, 3.8) is 0 Å². The van der Waals surface area contributed by atoms with E-state index in [0.29, 0.717) is 42.5 Å². The van der Waals surface area contributed by atoms with E-state index < -0.39 is 39.0 Å². The lowest BCUT2D eigenvalue weighted by molar-refractivity contribution is -0.439. The summed E-state index contributed by atoms with van der Waals surface area (Å²) in [5.41, 5.74) is 0.575. The maximum atomic E-state index is 14.2. The van der Waals surface area contributed by atoms with E-state index in [1.165, 1.54) is 18.2 Å². The van der Waals surface area contributed by atoms with Gasteiger partial charge in [0.25, 0.3) is 5.69 Å². The third-order valence-electron chi connectivity index (χ3n) is 9.68. The number of ketones is 1. The van der Waals surface area contributed by atoms with E-state index >= 15 is 0 Å². The van der Waals surface area contributed by atoms with Gasteiger partial charge in [-0.3, -0.25) is 14.9 Å². The van der Waals surface area contributed by atoms with Gasteiger partial charge in [0, 0.05) is 65.2 Å². The van der Waals surface area contributed by atoms with Gasteiger partial charge < -0.3 is 10.0 Å². The molecule has 0 saturated heterocycles. The molecule has 0 amide bonds. The van der Waals surface area contributed by atoms with E-state index in [1.54, 1.807) is 38.1 Å². The molecule has 2 aromatic rings. The Balaban J connectivity index is 1.62. The summed E-state index contributed by atoms with van der Waals surface area (Å²) in [6.07, 6.45) is 0.0289. The number of nitro benzene ring substituents is 1. The molecule has 1 aliphatic carbocycles. The summed E-state index contributed by atoms with van der Waals surface area (Å²) in [5, 5.41) is 25.3.